The minimum absolute atomic E-state index is 0.0187. The van der Waals surface area contributed by atoms with Crippen LogP contribution in [0.2, 0.25) is 0 Å². The van der Waals surface area contributed by atoms with Gasteiger partial charge in [-0.2, -0.15) is 0 Å². The molecule has 2 N–H and O–H groups in total. The zero-order valence-electron chi connectivity index (χ0n) is 14.5. The highest BCUT2D eigenvalue weighted by Gasteiger charge is 2.28. The Morgan fingerprint density at radius 2 is 1.92 bits per heavy atom. The Kier molecular flexibility index (Phi) is 5.75. The Morgan fingerprint density at radius 1 is 1.16 bits per heavy atom. The maximum atomic E-state index is 12.1. The number of likely N-dealkylation sites (tertiary alicyclic amines) is 1. The average molecular weight is 347 g/mol. The van der Waals surface area contributed by atoms with Gasteiger partial charge in [-0.25, -0.2) is 0 Å². The molecule has 1 fully saturated rings. The van der Waals surface area contributed by atoms with Crippen LogP contribution >= 0.6 is 0 Å². The van der Waals surface area contributed by atoms with Crippen LogP contribution in [0.15, 0.2) is 18.2 Å². The Balaban J connectivity index is 1.55. The van der Waals surface area contributed by atoms with Gasteiger partial charge < -0.3 is 20.1 Å². The number of rotatable bonds is 6. The van der Waals surface area contributed by atoms with Gasteiger partial charge in [0.05, 0.1) is 6.54 Å². The van der Waals surface area contributed by atoms with E-state index in [0.29, 0.717) is 32.8 Å². The highest BCUT2D eigenvalue weighted by atomic mass is 16.6. The number of ether oxygens (including phenoxy) is 2. The Labute approximate surface area is 147 Å². The highest BCUT2D eigenvalue weighted by Crippen LogP contribution is 2.37. The van der Waals surface area contributed by atoms with E-state index in [2.05, 4.69) is 21.6 Å². The molecule has 136 valence electrons. The quantitative estimate of drug-likeness (QED) is 0.746. The molecule has 2 aliphatic rings. The number of carbonyl (C=O) groups is 2. The molecule has 1 aromatic rings. The van der Waals surface area contributed by atoms with Gasteiger partial charge >= 0.3 is 0 Å². The first-order valence-corrected chi connectivity index (χ1v) is 8.78. The largest absolute Gasteiger partial charge is 0.486 e. The zero-order valence-corrected chi connectivity index (χ0v) is 14.5. The van der Waals surface area contributed by atoms with E-state index in [-0.39, 0.29) is 17.9 Å². The van der Waals surface area contributed by atoms with Crippen LogP contribution in [-0.2, 0) is 9.59 Å². The van der Waals surface area contributed by atoms with Crippen molar-refractivity contribution in [3.63, 3.8) is 0 Å². The Hall–Kier alpha value is -2.28. The van der Waals surface area contributed by atoms with Crippen molar-refractivity contribution < 1.29 is 19.1 Å². The number of amides is 2. The smallest absolute Gasteiger partial charge is 0.234 e. The Morgan fingerprint density at radius 3 is 2.72 bits per heavy atom. The summed E-state index contributed by atoms with van der Waals surface area (Å²) in [5, 5.41) is 5.51. The highest BCUT2D eigenvalue weighted by molar-refractivity contribution is 5.78. The van der Waals surface area contributed by atoms with E-state index in [1.807, 2.05) is 12.1 Å². The topological polar surface area (TPSA) is 79.9 Å². The van der Waals surface area contributed by atoms with Gasteiger partial charge in [-0.1, -0.05) is 6.07 Å². The van der Waals surface area contributed by atoms with Gasteiger partial charge in [-0.05, 0) is 37.1 Å². The van der Waals surface area contributed by atoms with Crippen molar-refractivity contribution >= 4 is 11.8 Å². The minimum atomic E-state index is -0.0903. The van der Waals surface area contributed by atoms with Gasteiger partial charge in [0.25, 0.3) is 0 Å². The molecule has 1 atom stereocenters. The molecule has 7 heteroatoms. The van der Waals surface area contributed by atoms with Crippen molar-refractivity contribution in [2.24, 2.45) is 0 Å². The van der Waals surface area contributed by atoms with Gasteiger partial charge in [0, 0.05) is 26.1 Å². The molecular formula is C18H25N3O4. The van der Waals surface area contributed by atoms with E-state index in [1.54, 1.807) is 0 Å². The first-order chi connectivity index (χ1) is 12.1. The number of hydrogen-bond donors (Lipinski definition) is 2. The fraction of sp³-hybridized carbons (Fsp3) is 0.556. The summed E-state index contributed by atoms with van der Waals surface area (Å²) in [6.07, 6.45) is 2.09. The monoisotopic (exact) mass is 347 g/mol. The molecule has 1 aromatic carbocycles. The van der Waals surface area contributed by atoms with Crippen LogP contribution in [0, 0.1) is 0 Å². The molecule has 0 radical (unpaired) electrons. The van der Waals surface area contributed by atoms with Crippen LogP contribution in [0.3, 0.4) is 0 Å². The van der Waals surface area contributed by atoms with Gasteiger partial charge in [0.15, 0.2) is 11.5 Å². The Bertz CT molecular complexity index is 635. The molecular weight excluding hydrogens is 322 g/mol. The fourth-order valence-corrected chi connectivity index (χ4v) is 3.34. The summed E-state index contributed by atoms with van der Waals surface area (Å²) in [6.45, 7) is 4.77. The van der Waals surface area contributed by atoms with Gasteiger partial charge in [0.1, 0.15) is 13.2 Å². The molecule has 2 aliphatic heterocycles. The van der Waals surface area contributed by atoms with Crippen molar-refractivity contribution in [1.29, 1.82) is 0 Å². The third-order valence-corrected chi connectivity index (χ3v) is 4.48. The summed E-state index contributed by atoms with van der Waals surface area (Å²) in [7, 11) is 0. The molecule has 7 nitrogen and oxygen atoms in total. The molecule has 0 saturated carbocycles. The molecule has 3 rings (SSSR count). The summed E-state index contributed by atoms with van der Waals surface area (Å²) < 4.78 is 11.2. The standard InChI is InChI=1S/C18H25N3O4/c1-13(22)19-6-7-20-18(23)12-21-8-2-3-15(21)14-4-5-16-17(11-14)25-10-9-24-16/h4-5,11,15H,2-3,6-10,12H2,1H3,(H,19,22)(H,20,23)/t15-/m1/s1. The summed E-state index contributed by atoms with van der Waals surface area (Å²) >= 11 is 0. The van der Waals surface area contributed by atoms with Crippen LogP contribution < -0.4 is 20.1 Å². The second kappa shape index (κ2) is 8.20. The van der Waals surface area contributed by atoms with Crippen LogP contribution in [-0.4, -0.2) is 56.1 Å². The third kappa shape index (κ3) is 4.63. The van der Waals surface area contributed by atoms with E-state index in [4.69, 9.17) is 9.47 Å². The number of fused-ring (bicyclic) bond motifs is 1. The summed E-state index contributed by atoms with van der Waals surface area (Å²) in [5.74, 6) is 1.47. The first kappa shape index (κ1) is 17.5. The first-order valence-electron chi connectivity index (χ1n) is 8.78. The third-order valence-electron chi connectivity index (χ3n) is 4.48. The molecule has 0 aliphatic carbocycles. The molecule has 0 aromatic heterocycles. The number of nitrogens with one attached hydrogen (secondary N) is 2. The molecule has 25 heavy (non-hydrogen) atoms. The molecule has 0 bridgehead atoms. The molecule has 0 unspecified atom stereocenters. The van der Waals surface area contributed by atoms with Crippen LogP contribution in [0.25, 0.3) is 0 Å². The predicted octanol–water partition coefficient (Wildman–Crippen LogP) is 0.847. The zero-order chi connectivity index (χ0) is 17.6. The molecule has 2 heterocycles. The molecule has 1 saturated heterocycles. The van der Waals surface area contributed by atoms with Crippen molar-refractivity contribution in [2.75, 3.05) is 39.4 Å². The second-order valence-electron chi connectivity index (χ2n) is 6.36. The average Bonchev–Trinajstić information content (AvgIpc) is 3.06. The van der Waals surface area contributed by atoms with Crippen LogP contribution in [0.5, 0.6) is 11.5 Å². The van der Waals surface area contributed by atoms with E-state index >= 15 is 0 Å². The van der Waals surface area contributed by atoms with Crippen molar-refractivity contribution in [1.82, 2.24) is 15.5 Å². The lowest BCUT2D eigenvalue weighted by Gasteiger charge is -2.26. The minimum Gasteiger partial charge on any atom is -0.486 e. The van der Waals surface area contributed by atoms with Crippen molar-refractivity contribution in [2.45, 2.75) is 25.8 Å². The second-order valence-corrected chi connectivity index (χ2v) is 6.36. The number of benzene rings is 1. The maximum Gasteiger partial charge on any atom is 0.234 e. The van der Waals surface area contributed by atoms with Crippen LogP contribution in [0.1, 0.15) is 31.4 Å². The number of carbonyl (C=O) groups excluding carboxylic acids is 2. The van der Waals surface area contributed by atoms with Crippen molar-refractivity contribution in [3.05, 3.63) is 23.8 Å². The van der Waals surface area contributed by atoms with Gasteiger partial charge in [-0.3, -0.25) is 14.5 Å². The summed E-state index contributed by atoms with van der Waals surface area (Å²) in [5.41, 5.74) is 1.16. The maximum absolute atomic E-state index is 12.1. The lowest BCUT2D eigenvalue weighted by Crippen LogP contribution is -2.40. The summed E-state index contributed by atoms with van der Waals surface area (Å²) in [4.78, 5) is 25.2. The lowest BCUT2D eigenvalue weighted by molar-refractivity contribution is -0.123. The van der Waals surface area contributed by atoms with E-state index in [9.17, 15) is 9.59 Å². The normalized spacial score (nSPS) is 19.5. The van der Waals surface area contributed by atoms with Crippen molar-refractivity contribution in [3.8, 4) is 11.5 Å². The number of nitrogens with zero attached hydrogens (tertiary/aromatic N) is 1. The SMILES string of the molecule is CC(=O)NCCNC(=O)CN1CCC[C@@H]1c1ccc2c(c1)OCCO2. The number of hydrogen-bond acceptors (Lipinski definition) is 5. The van der Waals surface area contributed by atoms with E-state index in [0.717, 1.165) is 36.4 Å². The van der Waals surface area contributed by atoms with E-state index < -0.39 is 0 Å². The predicted molar refractivity (Wildman–Crippen MR) is 92.7 cm³/mol. The van der Waals surface area contributed by atoms with E-state index in [1.165, 1.54) is 6.92 Å². The summed E-state index contributed by atoms with van der Waals surface area (Å²) in [6, 6.07) is 6.27. The van der Waals surface area contributed by atoms with Gasteiger partial charge in [-0.15, -0.1) is 0 Å². The van der Waals surface area contributed by atoms with Crippen LogP contribution in [0.4, 0.5) is 0 Å². The lowest BCUT2D eigenvalue weighted by atomic mass is 10.0. The van der Waals surface area contributed by atoms with Gasteiger partial charge in [0.2, 0.25) is 11.8 Å². The molecule has 0 spiro atoms. The fourth-order valence-electron chi connectivity index (χ4n) is 3.34. The molecule has 2 amide bonds.